The van der Waals surface area contributed by atoms with Crippen molar-refractivity contribution in [3.8, 4) is 0 Å². The SMILES string of the molecule is COCCNCC1(Cc2ccc(Br)cc2F)CCOCC1. The minimum absolute atomic E-state index is 0.0701. The van der Waals surface area contributed by atoms with Crippen LogP contribution in [0.2, 0.25) is 0 Å². The Labute approximate surface area is 134 Å². The summed E-state index contributed by atoms with van der Waals surface area (Å²) < 4.78 is 25.4. The summed E-state index contributed by atoms with van der Waals surface area (Å²) in [4.78, 5) is 0. The summed E-state index contributed by atoms with van der Waals surface area (Å²) >= 11 is 3.31. The normalized spacial score (nSPS) is 17.9. The van der Waals surface area contributed by atoms with Crippen molar-refractivity contribution in [2.45, 2.75) is 19.3 Å². The van der Waals surface area contributed by atoms with Gasteiger partial charge in [-0.25, -0.2) is 4.39 Å². The molecular formula is C16H23BrFNO2. The second-order valence-corrected chi connectivity index (χ2v) is 6.61. The van der Waals surface area contributed by atoms with Crippen LogP contribution in [0.4, 0.5) is 4.39 Å². The standard InChI is InChI=1S/C16H23BrFNO2/c1-20-9-6-19-12-16(4-7-21-8-5-16)11-13-2-3-14(17)10-15(13)18/h2-3,10,19H,4-9,11-12H2,1H3. The smallest absolute Gasteiger partial charge is 0.127 e. The molecule has 21 heavy (non-hydrogen) atoms. The first-order valence-corrected chi connectivity index (χ1v) is 8.16. The Kier molecular flexibility index (Phi) is 6.61. The highest BCUT2D eigenvalue weighted by Gasteiger charge is 2.33. The lowest BCUT2D eigenvalue weighted by molar-refractivity contribution is 0.0139. The molecular weight excluding hydrogens is 337 g/mol. The molecule has 118 valence electrons. The van der Waals surface area contributed by atoms with Gasteiger partial charge in [-0.05, 0) is 42.4 Å². The van der Waals surface area contributed by atoms with Gasteiger partial charge >= 0.3 is 0 Å². The number of rotatable bonds is 7. The van der Waals surface area contributed by atoms with Crippen molar-refractivity contribution in [2.75, 3.05) is 40.0 Å². The maximum atomic E-state index is 14.1. The van der Waals surface area contributed by atoms with Crippen molar-refractivity contribution in [3.05, 3.63) is 34.1 Å². The summed E-state index contributed by atoms with van der Waals surface area (Å²) in [5.74, 6) is -0.132. The molecule has 0 atom stereocenters. The van der Waals surface area contributed by atoms with E-state index in [1.54, 1.807) is 13.2 Å². The Morgan fingerprint density at radius 1 is 1.38 bits per heavy atom. The molecule has 1 heterocycles. The Hall–Kier alpha value is -0.490. The molecule has 0 bridgehead atoms. The van der Waals surface area contributed by atoms with Crippen molar-refractivity contribution in [1.82, 2.24) is 5.32 Å². The van der Waals surface area contributed by atoms with Gasteiger partial charge in [-0.15, -0.1) is 0 Å². The zero-order chi connectivity index (χ0) is 15.1. The van der Waals surface area contributed by atoms with Gasteiger partial charge in [0.1, 0.15) is 5.82 Å². The molecule has 5 heteroatoms. The van der Waals surface area contributed by atoms with Crippen LogP contribution < -0.4 is 5.32 Å². The third-order valence-corrected chi connectivity index (χ3v) is 4.61. The summed E-state index contributed by atoms with van der Waals surface area (Å²) in [5.41, 5.74) is 0.856. The van der Waals surface area contributed by atoms with Crippen LogP contribution >= 0.6 is 15.9 Å². The molecule has 1 fully saturated rings. The molecule has 0 amide bonds. The van der Waals surface area contributed by atoms with E-state index in [4.69, 9.17) is 9.47 Å². The van der Waals surface area contributed by atoms with Gasteiger partial charge in [0.25, 0.3) is 0 Å². The number of hydrogen-bond acceptors (Lipinski definition) is 3. The van der Waals surface area contributed by atoms with Crippen LogP contribution in [0, 0.1) is 11.2 Å². The second kappa shape index (κ2) is 8.22. The molecule has 1 N–H and O–H groups in total. The van der Waals surface area contributed by atoms with E-state index in [0.717, 1.165) is 55.6 Å². The van der Waals surface area contributed by atoms with Crippen LogP contribution in [0.1, 0.15) is 18.4 Å². The highest BCUT2D eigenvalue weighted by molar-refractivity contribution is 9.10. The first-order chi connectivity index (χ1) is 10.2. The minimum Gasteiger partial charge on any atom is -0.383 e. The van der Waals surface area contributed by atoms with Gasteiger partial charge in [-0.2, -0.15) is 0 Å². The van der Waals surface area contributed by atoms with Crippen molar-refractivity contribution in [2.24, 2.45) is 5.41 Å². The van der Waals surface area contributed by atoms with Crippen molar-refractivity contribution < 1.29 is 13.9 Å². The van der Waals surface area contributed by atoms with Gasteiger partial charge in [0.15, 0.2) is 0 Å². The van der Waals surface area contributed by atoms with Crippen molar-refractivity contribution in [3.63, 3.8) is 0 Å². The molecule has 1 aliphatic heterocycles. The minimum atomic E-state index is -0.132. The summed E-state index contributed by atoms with van der Waals surface area (Å²) in [5, 5.41) is 3.44. The summed E-state index contributed by atoms with van der Waals surface area (Å²) in [6.45, 7) is 3.89. The van der Waals surface area contributed by atoms with E-state index in [9.17, 15) is 4.39 Å². The number of halogens is 2. The van der Waals surface area contributed by atoms with Crippen LogP contribution in [-0.4, -0.2) is 40.0 Å². The predicted molar refractivity (Wildman–Crippen MR) is 85.0 cm³/mol. The topological polar surface area (TPSA) is 30.5 Å². The number of nitrogens with one attached hydrogen (secondary N) is 1. The molecule has 0 aliphatic carbocycles. The third kappa shape index (κ3) is 5.02. The molecule has 1 aromatic rings. The molecule has 1 aliphatic rings. The number of methoxy groups -OCH3 is 1. The maximum absolute atomic E-state index is 14.1. The van der Waals surface area contributed by atoms with E-state index in [1.807, 2.05) is 12.1 Å². The lowest BCUT2D eigenvalue weighted by Crippen LogP contribution is -2.41. The molecule has 0 saturated carbocycles. The highest BCUT2D eigenvalue weighted by atomic mass is 79.9. The predicted octanol–water partition coefficient (Wildman–Crippen LogP) is 3.16. The van der Waals surface area contributed by atoms with E-state index in [2.05, 4.69) is 21.2 Å². The molecule has 0 radical (unpaired) electrons. The van der Waals surface area contributed by atoms with Crippen molar-refractivity contribution in [1.29, 1.82) is 0 Å². The maximum Gasteiger partial charge on any atom is 0.127 e. The molecule has 0 aromatic heterocycles. The van der Waals surface area contributed by atoms with E-state index >= 15 is 0 Å². The lowest BCUT2D eigenvalue weighted by atomic mass is 9.75. The molecule has 1 saturated heterocycles. The average molecular weight is 360 g/mol. The van der Waals surface area contributed by atoms with Crippen LogP contribution in [0.25, 0.3) is 0 Å². The number of benzene rings is 1. The lowest BCUT2D eigenvalue weighted by Gasteiger charge is -2.38. The highest BCUT2D eigenvalue weighted by Crippen LogP contribution is 2.34. The van der Waals surface area contributed by atoms with Crippen LogP contribution in [0.15, 0.2) is 22.7 Å². The summed E-state index contributed by atoms with van der Waals surface area (Å²) in [6.07, 6.45) is 2.67. The Balaban J connectivity index is 2.04. The van der Waals surface area contributed by atoms with E-state index in [-0.39, 0.29) is 11.2 Å². The van der Waals surface area contributed by atoms with Gasteiger partial charge < -0.3 is 14.8 Å². The number of ether oxygens (including phenoxy) is 2. The molecule has 3 nitrogen and oxygen atoms in total. The van der Waals surface area contributed by atoms with Gasteiger partial charge in [0.05, 0.1) is 6.61 Å². The Morgan fingerprint density at radius 3 is 2.81 bits per heavy atom. The van der Waals surface area contributed by atoms with Crippen LogP contribution in [0.5, 0.6) is 0 Å². The van der Waals surface area contributed by atoms with E-state index in [0.29, 0.717) is 6.61 Å². The molecule has 0 spiro atoms. The van der Waals surface area contributed by atoms with Crippen molar-refractivity contribution >= 4 is 15.9 Å². The van der Waals surface area contributed by atoms with Gasteiger partial charge in [0, 0.05) is 37.9 Å². The molecule has 0 unspecified atom stereocenters. The number of hydrogen-bond donors (Lipinski definition) is 1. The third-order valence-electron chi connectivity index (χ3n) is 4.12. The van der Waals surface area contributed by atoms with Gasteiger partial charge in [-0.3, -0.25) is 0 Å². The monoisotopic (exact) mass is 359 g/mol. The second-order valence-electron chi connectivity index (χ2n) is 5.69. The van der Waals surface area contributed by atoms with E-state index < -0.39 is 0 Å². The largest absolute Gasteiger partial charge is 0.383 e. The fourth-order valence-electron chi connectivity index (χ4n) is 2.82. The molecule has 2 rings (SSSR count). The summed E-state index contributed by atoms with van der Waals surface area (Å²) in [7, 11) is 1.70. The zero-order valence-electron chi connectivity index (χ0n) is 12.5. The van der Waals surface area contributed by atoms with Crippen LogP contribution in [0.3, 0.4) is 0 Å². The first kappa shape index (κ1) is 16.9. The summed E-state index contributed by atoms with van der Waals surface area (Å²) in [6, 6.07) is 5.33. The zero-order valence-corrected chi connectivity index (χ0v) is 14.0. The van der Waals surface area contributed by atoms with Crippen LogP contribution in [-0.2, 0) is 15.9 Å². The first-order valence-electron chi connectivity index (χ1n) is 7.37. The Morgan fingerprint density at radius 2 is 2.14 bits per heavy atom. The quantitative estimate of drug-likeness (QED) is 0.758. The Bertz CT molecular complexity index is 450. The van der Waals surface area contributed by atoms with E-state index in [1.165, 1.54) is 0 Å². The average Bonchev–Trinajstić information content (AvgIpc) is 2.48. The van der Waals surface area contributed by atoms with Gasteiger partial charge in [-0.1, -0.05) is 22.0 Å². The molecule has 1 aromatic carbocycles. The fourth-order valence-corrected chi connectivity index (χ4v) is 3.15. The van der Waals surface area contributed by atoms with Gasteiger partial charge in [0.2, 0.25) is 0 Å². The fraction of sp³-hybridized carbons (Fsp3) is 0.625.